The van der Waals surface area contributed by atoms with Gasteiger partial charge in [-0.1, -0.05) is 11.6 Å². The summed E-state index contributed by atoms with van der Waals surface area (Å²) < 4.78 is 43.8. The van der Waals surface area contributed by atoms with Crippen molar-refractivity contribution in [2.75, 3.05) is 10.6 Å². The summed E-state index contributed by atoms with van der Waals surface area (Å²) in [5, 5.41) is 5.29. The molecule has 1 aliphatic heterocycles. The molecule has 0 spiro atoms. The van der Waals surface area contributed by atoms with Gasteiger partial charge in [0.25, 0.3) is 5.91 Å². The molecule has 1 atom stereocenters. The lowest BCUT2D eigenvalue weighted by molar-refractivity contribution is -0.137. The number of ether oxygens (including phenoxy) is 1. The third-order valence-corrected chi connectivity index (χ3v) is 4.26. The van der Waals surface area contributed by atoms with Gasteiger partial charge in [0.1, 0.15) is 5.75 Å². The maximum absolute atomic E-state index is 12.8. The fourth-order valence-electron chi connectivity index (χ4n) is 2.48. The number of rotatable bonds is 3. The van der Waals surface area contributed by atoms with Crippen LogP contribution in [0.4, 0.5) is 24.5 Å². The lowest BCUT2D eigenvalue weighted by atomic mass is 10.1. The van der Waals surface area contributed by atoms with Gasteiger partial charge in [-0.25, -0.2) is 0 Å². The Morgan fingerprint density at radius 2 is 2.00 bits per heavy atom. The van der Waals surface area contributed by atoms with Crippen LogP contribution in [0, 0.1) is 0 Å². The van der Waals surface area contributed by atoms with E-state index in [9.17, 15) is 22.8 Å². The molecular weight excluding hydrogens is 397 g/mol. The van der Waals surface area contributed by atoms with E-state index in [1.807, 2.05) is 0 Å². The van der Waals surface area contributed by atoms with Crippen molar-refractivity contribution >= 4 is 40.9 Å². The van der Waals surface area contributed by atoms with Crippen LogP contribution in [0.15, 0.2) is 42.5 Å². The minimum Gasteiger partial charge on any atom is -0.479 e. The number of carbonyl (C=O) groups is 2. The van der Waals surface area contributed by atoms with Gasteiger partial charge in [0.05, 0.1) is 11.3 Å². The van der Waals surface area contributed by atoms with Crippen molar-refractivity contribution in [2.24, 2.45) is 0 Å². The summed E-state index contributed by atoms with van der Waals surface area (Å²) >= 11 is 5.89. The monoisotopic (exact) mass is 410 g/mol. The van der Waals surface area contributed by atoms with Crippen molar-refractivity contribution in [3.8, 4) is 5.75 Å². The summed E-state index contributed by atoms with van der Waals surface area (Å²) in [6.07, 6.45) is -2.87. The quantitative estimate of drug-likeness (QED) is 0.719. The first-order valence-corrected chi connectivity index (χ1v) is 8.48. The van der Waals surface area contributed by atoms with Gasteiger partial charge in [-0.05, 0) is 55.0 Å². The van der Waals surface area contributed by atoms with Crippen LogP contribution in [0.25, 0.3) is 6.08 Å². The van der Waals surface area contributed by atoms with Crippen molar-refractivity contribution in [3.05, 3.63) is 58.6 Å². The predicted molar refractivity (Wildman–Crippen MR) is 99.3 cm³/mol. The second-order valence-corrected chi connectivity index (χ2v) is 6.42. The molecule has 0 radical (unpaired) electrons. The van der Waals surface area contributed by atoms with Gasteiger partial charge in [0.2, 0.25) is 5.91 Å². The molecule has 0 aromatic heterocycles. The Kier molecular flexibility index (Phi) is 5.33. The first kappa shape index (κ1) is 19.8. The second-order valence-electron chi connectivity index (χ2n) is 6.02. The first-order chi connectivity index (χ1) is 13.1. The number of carbonyl (C=O) groups excluding carboxylic acids is 2. The molecule has 1 aliphatic rings. The van der Waals surface area contributed by atoms with Gasteiger partial charge in [-0.2, -0.15) is 13.2 Å². The van der Waals surface area contributed by atoms with Gasteiger partial charge in [0, 0.05) is 16.8 Å². The summed E-state index contributed by atoms with van der Waals surface area (Å²) in [6.45, 7) is 1.61. The minimum atomic E-state index is -4.51. The molecule has 5 nitrogen and oxygen atoms in total. The fraction of sp³-hybridized carbons (Fsp3) is 0.158. The molecule has 0 aliphatic carbocycles. The van der Waals surface area contributed by atoms with Gasteiger partial charge < -0.3 is 15.4 Å². The summed E-state index contributed by atoms with van der Waals surface area (Å²) in [7, 11) is 0. The van der Waals surface area contributed by atoms with E-state index in [4.69, 9.17) is 16.3 Å². The largest absolute Gasteiger partial charge is 0.479 e. The molecule has 9 heteroatoms. The molecular formula is C19H14ClF3N2O3. The average Bonchev–Trinajstić information content (AvgIpc) is 2.61. The van der Waals surface area contributed by atoms with Crippen LogP contribution in [0.5, 0.6) is 5.75 Å². The van der Waals surface area contributed by atoms with Gasteiger partial charge in [0.15, 0.2) is 6.10 Å². The normalized spacial score (nSPS) is 16.3. The van der Waals surface area contributed by atoms with E-state index in [-0.39, 0.29) is 16.5 Å². The van der Waals surface area contributed by atoms with E-state index in [1.165, 1.54) is 12.1 Å². The van der Waals surface area contributed by atoms with Gasteiger partial charge in [-0.3, -0.25) is 9.59 Å². The topological polar surface area (TPSA) is 67.4 Å². The van der Waals surface area contributed by atoms with Crippen molar-refractivity contribution in [3.63, 3.8) is 0 Å². The summed E-state index contributed by atoms with van der Waals surface area (Å²) in [6, 6.07) is 7.53. The number of benzene rings is 2. The zero-order valence-electron chi connectivity index (χ0n) is 14.4. The summed E-state index contributed by atoms with van der Waals surface area (Å²) in [4.78, 5) is 23.7. The van der Waals surface area contributed by atoms with E-state index in [2.05, 4.69) is 10.6 Å². The Morgan fingerprint density at radius 1 is 1.25 bits per heavy atom. The lowest BCUT2D eigenvalue weighted by Crippen LogP contribution is -2.34. The SMILES string of the molecule is CC1Oc2ccc(NC(=O)C=Cc3cc(C(F)(F)F)ccc3Cl)cc2NC1=O. The highest BCUT2D eigenvalue weighted by Crippen LogP contribution is 2.33. The van der Waals surface area contributed by atoms with Gasteiger partial charge >= 0.3 is 6.18 Å². The number of nitrogens with one attached hydrogen (secondary N) is 2. The van der Waals surface area contributed by atoms with Crippen molar-refractivity contribution in [1.82, 2.24) is 0 Å². The van der Waals surface area contributed by atoms with Crippen LogP contribution < -0.4 is 15.4 Å². The van der Waals surface area contributed by atoms with Crippen molar-refractivity contribution in [2.45, 2.75) is 19.2 Å². The lowest BCUT2D eigenvalue weighted by Gasteiger charge is -2.23. The molecule has 0 saturated carbocycles. The predicted octanol–water partition coefficient (Wildman–Crippen LogP) is 4.73. The third-order valence-electron chi connectivity index (χ3n) is 3.92. The fourth-order valence-corrected chi connectivity index (χ4v) is 2.66. The van der Waals surface area contributed by atoms with E-state index in [0.29, 0.717) is 17.1 Å². The maximum atomic E-state index is 12.8. The van der Waals surface area contributed by atoms with Crippen molar-refractivity contribution in [1.29, 1.82) is 0 Å². The number of hydrogen-bond donors (Lipinski definition) is 2. The molecule has 2 aromatic rings. The van der Waals surface area contributed by atoms with Crippen LogP contribution in [0.3, 0.4) is 0 Å². The highest BCUT2D eigenvalue weighted by molar-refractivity contribution is 6.32. The molecule has 2 aromatic carbocycles. The van der Waals surface area contributed by atoms with Crippen LogP contribution in [-0.2, 0) is 15.8 Å². The van der Waals surface area contributed by atoms with Crippen LogP contribution in [-0.4, -0.2) is 17.9 Å². The smallest absolute Gasteiger partial charge is 0.416 e. The van der Waals surface area contributed by atoms with E-state index < -0.39 is 23.8 Å². The Balaban J connectivity index is 1.73. The third kappa shape index (κ3) is 4.45. The summed E-state index contributed by atoms with van der Waals surface area (Å²) in [5.74, 6) is -0.420. The molecule has 2 N–H and O–H groups in total. The van der Waals surface area contributed by atoms with E-state index in [0.717, 1.165) is 24.3 Å². The van der Waals surface area contributed by atoms with E-state index in [1.54, 1.807) is 19.1 Å². The van der Waals surface area contributed by atoms with Crippen LogP contribution in [0.2, 0.25) is 5.02 Å². The molecule has 2 amide bonds. The second kappa shape index (κ2) is 7.55. The van der Waals surface area contributed by atoms with E-state index >= 15 is 0 Å². The zero-order valence-corrected chi connectivity index (χ0v) is 15.2. The molecule has 146 valence electrons. The Labute approximate surface area is 163 Å². The standard InChI is InChI=1S/C19H14ClF3N2O3/c1-10-18(27)25-15-9-13(4-6-16(15)28-10)24-17(26)7-2-11-8-12(19(21,22)23)3-5-14(11)20/h2-10H,1H3,(H,24,26)(H,25,27). The molecule has 28 heavy (non-hydrogen) atoms. The Hall–Kier alpha value is -3.00. The zero-order chi connectivity index (χ0) is 20.5. The highest BCUT2D eigenvalue weighted by atomic mass is 35.5. The van der Waals surface area contributed by atoms with Crippen LogP contribution >= 0.6 is 11.6 Å². The molecule has 3 rings (SSSR count). The molecule has 1 heterocycles. The number of alkyl halides is 3. The Bertz CT molecular complexity index is 973. The summed E-state index contributed by atoms with van der Waals surface area (Å²) in [5.41, 5.74) is -0.0175. The average molecular weight is 411 g/mol. The Morgan fingerprint density at radius 3 is 2.71 bits per heavy atom. The first-order valence-electron chi connectivity index (χ1n) is 8.11. The number of halogens is 4. The molecule has 0 saturated heterocycles. The number of amides is 2. The van der Waals surface area contributed by atoms with Crippen LogP contribution in [0.1, 0.15) is 18.1 Å². The van der Waals surface area contributed by atoms with Crippen molar-refractivity contribution < 1.29 is 27.5 Å². The molecule has 0 fully saturated rings. The highest BCUT2D eigenvalue weighted by Gasteiger charge is 2.30. The maximum Gasteiger partial charge on any atom is 0.416 e. The number of hydrogen-bond acceptors (Lipinski definition) is 3. The number of fused-ring (bicyclic) bond motifs is 1. The molecule has 0 bridgehead atoms. The minimum absolute atomic E-state index is 0.0618. The number of anilines is 2. The molecule has 1 unspecified atom stereocenters. The van der Waals surface area contributed by atoms with Gasteiger partial charge in [-0.15, -0.1) is 0 Å².